The molecule has 1 aliphatic heterocycles. The lowest BCUT2D eigenvalue weighted by Gasteiger charge is -2.22. The fourth-order valence-electron chi connectivity index (χ4n) is 2.57. The van der Waals surface area contributed by atoms with Gasteiger partial charge in [0, 0.05) is 12.8 Å². The molecule has 122 valence electrons. The van der Waals surface area contributed by atoms with Crippen LogP contribution in [0.25, 0.3) is 0 Å². The summed E-state index contributed by atoms with van der Waals surface area (Å²) in [4.78, 5) is 11.8. The maximum atomic E-state index is 11.8. The molecule has 0 aliphatic carbocycles. The lowest BCUT2D eigenvalue weighted by atomic mass is 10.1. The van der Waals surface area contributed by atoms with Gasteiger partial charge >= 0.3 is 6.09 Å². The molecule has 0 bridgehead atoms. The summed E-state index contributed by atoms with van der Waals surface area (Å²) in [5.41, 5.74) is 1.58. The van der Waals surface area contributed by atoms with Crippen LogP contribution in [0.5, 0.6) is 0 Å². The zero-order valence-electron chi connectivity index (χ0n) is 13.0. The van der Waals surface area contributed by atoms with E-state index in [1.165, 1.54) is 6.42 Å². The van der Waals surface area contributed by atoms with Crippen LogP contribution in [0.1, 0.15) is 24.8 Å². The van der Waals surface area contributed by atoms with Crippen LogP contribution < -0.4 is 5.32 Å². The molecule has 3 rings (SSSR count). The number of amides is 1. The van der Waals surface area contributed by atoms with E-state index in [9.17, 15) is 4.79 Å². The second kappa shape index (κ2) is 7.78. The van der Waals surface area contributed by atoms with Crippen molar-refractivity contribution in [3.05, 3.63) is 48.3 Å². The van der Waals surface area contributed by atoms with Crippen LogP contribution in [-0.4, -0.2) is 28.6 Å². The van der Waals surface area contributed by atoms with Crippen molar-refractivity contribution >= 4 is 11.8 Å². The molecule has 1 atom stereocenters. The van der Waals surface area contributed by atoms with Gasteiger partial charge in [0.05, 0.1) is 24.5 Å². The maximum absolute atomic E-state index is 11.8. The number of nitrogens with zero attached hydrogens (tertiary/aromatic N) is 2. The molecule has 2 heterocycles. The third-order valence-electron chi connectivity index (χ3n) is 3.76. The summed E-state index contributed by atoms with van der Waals surface area (Å²) < 4.78 is 12.7. The maximum Gasteiger partial charge on any atom is 0.412 e. The Morgan fingerprint density at radius 3 is 3.00 bits per heavy atom. The molecule has 1 fully saturated rings. The Labute approximate surface area is 135 Å². The number of carbonyl (C=O) groups excluding carboxylic acids is 1. The first kappa shape index (κ1) is 15.6. The van der Waals surface area contributed by atoms with Crippen LogP contribution in [0.3, 0.4) is 0 Å². The Kier molecular flexibility index (Phi) is 5.26. The smallest absolute Gasteiger partial charge is 0.412 e. The molecule has 0 spiro atoms. The molecule has 1 aromatic carbocycles. The highest BCUT2D eigenvalue weighted by Crippen LogP contribution is 2.15. The normalized spacial score (nSPS) is 17.7. The summed E-state index contributed by atoms with van der Waals surface area (Å²) in [7, 11) is 0. The summed E-state index contributed by atoms with van der Waals surface area (Å²) in [5, 5.41) is 6.93. The summed E-state index contributed by atoms with van der Waals surface area (Å²) in [6.07, 6.45) is 6.53. The molecule has 1 unspecified atom stereocenters. The number of aromatic nitrogens is 2. The monoisotopic (exact) mass is 315 g/mol. The zero-order chi connectivity index (χ0) is 15.9. The number of benzene rings is 1. The number of carbonyl (C=O) groups is 1. The average Bonchev–Trinajstić information content (AvgIpc) is 3.02. The minimum atomic E-state index is -0.484. The van der Waals surface area contributed by atoms with Gasteiger partial charge in [-0.15, -0.1) is 0 Å². The third kappa shape index (κ3) is 4.82. The first-order valence-corrected chi connectivity index (χ1v) is 7.91. The van der Waals surface area contributed by atoms with E-state index in [-0.39, 0.29) is 12.7 Å². The van der Waals surface area contributed by atoms with Crippen molar-refractivity contribution in [3.8, 4) is 0 Å². The Balaban J connectivity index is 1.45. The standard InChI is InChI=1S/C17H21N3O3/c21-17(23-13-14-6-2-1-3-7-14)19-15-10-18-20(11-15)12-16-8-4-5-9-22-16/h1-3,6-7,10-11,16H,4-5,8-9,12-13H2,(H,19,21). The average molecular weight is 315 g/mol. The molecular formula is C17H21N3O3. The van der Waals surface area contributed by atoms with Gasteiger partial charge < -0.3 is 9.47 Å². The minimum Gasteiger partial charge on any atom is -0.444 e. The Morgan fingerprint density at radius 1 is 1.35 bits per heavy atom. The van der Waals surface area contributed by atoms with Gasteiger partial charge in [-0.05, 0) is 24.8 Å². The van der Waals surface area contributed by atoms with Crippen molar-refractivity contribution in [1.82, 2.24) is 9.78 Å². The van der Waals surface area contributed by atoms with Crippen LogP contribution >= 0.6 is 0 Å². The predicted molar refractivity (Wildman–Crippen MR) is 86.1 cm³/mol. The predicted octanol–water partition coefficient (Wildman–Crippen LogP) is 3.20. The van der Waals surface area contributed by atoms with Gasteiger partial charge in [0.15, 0.2) is 0 Å². The number of nitrogens with one attached hydrogen (secondary N) is 1. The van der Waals surface area contributed by atoms with Gasteiger partial charge in [-0.25, -0.2) is 4.79 Å². The summed E-state index contributed by atoms with van der Waals surface area (Å²) in [5.74, 6) is 0. The molecule has 1 aromatic heterocycles. The second-order valence-corrected chi connectivity index (χ2v) is 5.63. The molecular weight excluding hydrogens is 294 g/mol. The molecule has 23 heavy (non-hydrogen) atoms. The molecule has 0 saturated carbocycles. The molecule has 6 nitrogen and oxygen atoms in total. The van der Waals surface area contributed by atoms with Crippen molar-refractivity contribution in [1.29, 1.82) is 0 Å². The van der Waals surface area contributed by atoms with Gasteiger partial charge in [-0.2, -0.15) is 5.10 Å². The lowest BCUT2D eigenvalue weighted by molar-refractivity contribution is 0.00401. The van der Waals surface area contributed by atoms with E-state index in [4.69, 9.17) is 9.47 Å². The van der Waals surface area contributed by atoms with Crippen LogP contribution in [0.2, 0.25) is 0 Å². The highest BCUT2D eigenvalue weighted by Gasteiger charge is 2.15. The van der Waals surface area contributed by atoms with Gasteiger partial charge in [0.1, 0.15) is 6.61 Å². The van der Waals surface area contributed by atoms with E-state index in [0.29, 0.717) is 12.2 Å². The number of ether oxygens (including phenoxy) is 2. The van der Waals surface area contributed by atoms with Crippen LogP contribution in [0, 0.1) is 0 Å². The van der Waals surface area contributed by atoms with E-state index in [0.717, 1.165) is 25.0 Å². The van der Waals surface area contributed by atoms with Crippen LogP contribution in [0.4, 0.5) is 10.5 Å². The summed E-state index contributed by atoms with van der Waals surface area (Å²) >= 11 is 0. The van der Waals surface area contributed by atoms with E-state index < -0.39 is 6.09 Å². The fourth-order valence-corrected chi connectivity index (χ4v) is 2.57. The van der Waals surface area contributed by atoms with E-state index in [1.807, 2.05) is 30.3 Å². The van der Waals surface area contributed by atoms with Crippen molar-refractivity contribution in [2.24, 2.45) is 0 Å². The third-order valence-corrected chi connectivity index (χ3v) is 3.76. The van der Waals surface area contributed by atoms with E-state index >= 15 is 0 Å². The van der Waals surface area contributed by atoms with Crippen molar-refractivity contribution in [2.75, 3.05) is 11.9 Å². The molecule has 2 aromatic rings. The summed E-state index contributed by atoms with van der Waals surface area (Å²) in [6, 6.07) is 9.57. The van der Waals surface area contributed by atoms with Crippen molar-refractivity contribution in [3.63, 3.8) is 0 Å². The van der Waals surface area contributed by atoms with Gasteiger partial charge in [-0.3, -0.25) is 10.00 Å². The largest absolute Gasteiger partial charge is 0.444 e. The zero-order valence-corrected chi connectivity index (χ0v) is 13.0. The Hall–Kier alpha value is -2.34. The minimum absolute atomic E-state index is 0.210. The number of hydrogen-bond acceptors (Lipinski definition) is 4. The molecule has 1 N–H and O–H groups in total. The number of rotatable bonds is 5. The first-order valence-electron chi connectivity index (χ1n) is 7.91. The van der Waals surface area contributed by atoms with E-state index in [1.54, 1.807) is 17.1 Å². The van der Waals surface area contributed by atoms with Crippen LogP contribution in [-0.2, 0) is 22.6 Å². The van der Waals surface area contributed by atoms with E-state index in [2.05, 4.69) is 10.4 Å². The topological polar surface area (TPSA) is 65.4 Å². The lowest BCUT2D eigenvalue weighted by Crippen LogP contribution is -2.24. The van der Waals surface area contributed by atoms with Gasteiger partial charge in [0.2, 0.25) is 0 Å². The van der Waals surface area contributed by atoms with Crippen molar-refractivity contribution < 1.29 is 14.3 Å². The first-order chi connectivity index (χ1) is 11.3. The highest BCUT2D eigenvalue weighted by atomic mass is 16.5. The Bertz CT molecular complexity index is 621. The van der Waals surface area contributed by atoms with Gasteiger partial charge in [-0.1, -0.05) is 30.3 Å². The highest BCUT2D eigenvalue weighted by molar-refractivity contribution is 5.84. The van der Waals surface area contributed by atoms with Crippen LogP contribution in [0.15, 0.2) is 42.7 Å². The molecule has 1 aliphatic rings. The second-order valence-electron chi connectivity index (χ2n) is 5.63. The Morgan fingerprint density at radius 2 is 2.22 bits per heavy atom. The van der Waals surface area contributed by atoms with Crippen molar-refractivity contribution in [2.45, 2.75) is 38.5 Å². The molecule has 0 radical (unpaired) electrons. The quantitative estimate of drug-likeness (QED) is 0.920. The number of hydrogen-bond donors (Lipinski definition) is 1. The molecule has 1 amide bonds. The summed E-state index contributed by atoms with van der Waals surface area (Å²) in [6.45, 7) is 1.78. The molecule has 6 heteroatoms. The number of anilines is 1. The molecule has 1 saturated heterocycles. The SMILES string of the molecule is O=C(Nc1cnn(CC2CCCCO2)c1)OCc1ccccc1. The van der Waals surface area contributed by atoms with Gasteiger partial charge in [0.25, 0.3) is 0 Å². The fraction of sp³-hybridized carbons (Fsp3) is 0.412.